The SMILES string of the molecule is CCC(C)C(NC(N)=O)C(=O)NC1(CO)CCCC(C)C1. The molecular weight excluding hydrogens is 270 g/mol. The van der Waals surface area contributed by atoms with Gasteiger partial charge in [-0.25, -0.2) is 4.79 Å². The van der Waals surface area contributed by atoms with E-state index in [1.54, 1.807) is 0 Å². The largest absolute Gasteiger partial charge is 0.394 e. The minimum atomic E-state index is -0.703. The number of amides is 3. The number of carbonyl (C=O) groups is 2. The van der Waals surface area contributed by atoms with Gasteiger partial charge in [-0.2, -0.15) is 0 Å². The third-order valence-electron chi connectivity index (χ3n) is 4.58. The monoisotopic (exact) mass is 299 g/mol. The minimum Gasteiger partial charge on any atom is -0.394 e. The van der Waals surface area contributed by atoms with Gasteiger partial charge < -0.3 is 21.5 Å². The molecule has 0 radical (unpaired) electrons. The summed E-state index contributed by atoms with van der Waals surface area (Å²) in [7, 11) is 0. The van der Waals surface area contributed by atoms with Crippen molar-refractivity contribution in [3.8, 4) is 0 Å². The Labute approximate surface area is 126 Å². The number of urea groups is 1. The molecule has 0 aromatic rings. The molecule has 1 fully saturated rings. The van der Waals surface area contributed by atoms with Crippen LogP contribution >= 0.6 is 0 Å². The molecule has 0 aliphatic heterocycles. The lowest BCUT2D eigenvalue weighted by Crippen LogP contribution is -2.60. The maximum absolute atomic E-state index is 12.5. The molecule has 122 valence electrons. The van der Waals surface area contributed by atoms with Gasteiger partial charge in [-0.05, 0) is 24.7 Å². The molecule has 0 aromatic heterocycles. The van der Waals surface area contributed by atoms with Crippen LogP contribution in [0.4, 0.5) is 4.79 Å². The summed E-state index contributed by atoms with van der Waals surface area (Å²) in [6.07, 6.45) is 4.38. The molecule has 1 rings (SSSR count). The summed E-state index contributed by atoms with van der Waals surface area (Å²) in [6, 6.07) is -1.36. The molecule has 6 heteroatoms. The Morgan fingerprint density at radius 3 is 2.62 bits per heavy atom. The van der Waals surface area contributed by atoms with Gasteiger partial charge in [0.2, 0.25) is 5.91 Å². The summed E-state index contributed by atoms with van der Waals surface area (Å²) in [5.74, 6) is 0.193. The number of rotatable bonds is 6. The number of carbonyl (C=O) groups excluding carboxylic acids is 2. The Morgan fingerprint density at radius 1 is 1.48 bits per heavy atom. The van der Waals surface area contributed by atoms with Crippen LogP contribution in [0.1, 0.15) is 52.9 Å². The average molecular weight is 299 g/mol. The average Bonchev–Trinajstić information content (AvgIpc) is 2.43. The second-order valence-electron chi connectivity index (χ2n) is 6.50. The smallest absolute Gasteiger partial charge is 0.312 e. The van der Waals surface area contributed by atoms with Crippen LogP contribution in [0.3, 0.4) is 0 Å². The summed E-state index contributed by atoms with van der Waals surface area (Å²) < 4.78 is 0. The zero-order valence-electron chi connectivity index (χ0n) is 13.3. The Morgan fingerprint density at radius 2 is 2.14 bits per heavy atom. The first kappa shape index (κ1) is 17.8. The van der Waals surface area contributed by atoms with Crippen LogP contribution in [-0.4, -0.2) is 35.2 Å². The van der Waals surface area contributed by atoms with E-state index in [0.717, 1.165) is 32.1 Å². The van der Waals surface area contributed by atoms with E-state index in [2.05, 4.69) is 17.6 Å². The van der Waals surface area contributed by atoms with Gasteiger partial charge in [0.1, 0.15) is 6.04 Å². The number of aliphatic hydroxyl groups excluding tert-OH is 1. The third-order valence-corrected chi connectivity index (χ3v) is 4.58. The molecule has 6 nitrogen and oxygen atoms in total. The lowest BCUT2D eigenvalue weighted by atomic mass is 9.76. The van der Waals surface area contributed by atoms with Gasteiger partial charge in [0.25, 0.3) is 0 Å². The van der Waals surface area contributed by atoms with Crippen molar-refractivity contribution in [2.75, 3.05) is 6.61 Å². The zero-order chi connectivity index (χ0) is 16.0. The topological polar surface area (TPSA) is 104 Å². The second-order valence-corrected chi connectivity index (χ2v) is 6.50. The Hall–Kier alpha value is -1.30. The van der Waals surface area contributed by atoms with Gasteiger partial charge in [-0.1, -0.05) is 40.0 Å². The maximum Gasteiger partial charge on any atom is 0.312 e. The van der Waals surface area contributed by atoms with Gasteiger partial charge >= 0.3 is 6.03 Å². The number of nitrogens with two attached hydrogens (primary N) is 1. The number of primary amides is 1. The van der Waals surface area contributed by atoms with Crippen molar-refractivity contribution < 1.29 is 14.7 Å². The molecule has 5 N–H and O–H groups in total. The summed E-state index contributed by atoms with van der Waals surface area (Å²) >= 11 is 0. The van der Waals surface area contributed by atoms with Gasteiger partial charge in [-0.15, -0.1) is 0 Å². The van der Waals surface area contributed by atoms with Crippen molar-refractivity contribution in [2.24, 2.45) is 17.6 Å². The van der Waals surface area contributed by atoms with Crippen molar-refractivity contribution in [1.29, 1.82) is 0 Å². The van der Waals surface area contributed by atoms with Crippen LogP contribution < -0.4 is 16.4 Å². The summed E-state index contributed by atoms with van der Waals surface area (Å²) in [5, 5.41) is 15.2. The second kappa shape index (κ2) is 7.64. The highest BCUT2D eigenvalue weighted by atomic mass is 16.3. The van der Waals surface area contributed by atoms with Gasteiger partial charge in [0.15, 0.2) is 0 Å². The molecule has 1 saturated carbocycles. The number of hydrogen-bond donors (Lipinski definition) is 4. The predicted octanol–water partition coefficient (Wildman–Crippen LogP) is 1.13. The van der Waals surface area contributed by atoms with Crippen LogP contribution in [-0.2, 0) is 4.79 Å². The lowest BCUT2D eigenvalue weighted by molar-refractivity contribution is -0.127. The van der Waals surface area contributed by atoms with E-state index in [1.807, 2.05) is 13.8 Å². The van der Waals surface area contributed by atoms with Crippen LogP contribution in [0.2, 0.25) is 0 Å². The molecule has 1 aliphatic carbocycles. The molecule has 3 amide bonds. The van der Waals surface area contributed by atoms with Gasteiger partial charge in [-0.3, -0.25) is 4.79 Å². The Kier molecular flexibility index (Phi) is 6.45. The van der Waals surface area contributed by atoms with Crippen LogP contribution in [0.25, 0.3) is 0 Å². The molecule has 4 unspecified atom stereocenters. The fourth-order valence-electron chi connectivity index (χ4n) is 3.15. The molecular formula is C15H29N3O3. The fourth-order valence-corrected chi connectivity index (χ4v) is 3.15. The van der Waals surface area contributed by atoms with E-state index in [4.69, 9.17) is 5.73 Å². The minimum absolute atomic E-state index is 0.0192. The normalized spacial score (nSPS) is 28.5. The molecule has 0 spiro atoms. The molecule has 0 aromatic carbocycles. The quantitative estimate of drug-likeness (QED) is 0.591. The summed E-state index contributed by atoms with van der Waals surface area (Å²) in [6.45, 7) is 5.91. The molecule has 0 saturated heterocycles. The standard InChI is InChI=1S/C15H29N3O3/c1-4-11(3)12(17-14(16)21)13(20)18-15(9-19)7-5-6-10(2)8-15/h10-12,19H,4-9H2,1-3H3,(H,18,20)(H3,16,17,21). The van der Waals surface area contributed by atoms with Crippen molar-refractivity contribution in [3.05, 3.63) is 0 Å². The highest BCUT2D eigenvalue weighted by Gasteiger charge is 2.38. The van der Waals surface area contributed by atoms with Crippen molar-refractivity contribution in [3.63, 3.8) is 0 Å². The summed E-state index contributed by atoms with van der Waals surface area (Å²) in [4.78, 5) is 23.6. The molecule has 4 atom stereocenters. The van der Waals surface area contributed by atoms with Crippen molar-refractivity contribution in [2.45, 2.75) is 64.5 Å². The molecule has 0 bridgehead atoms. The maximum atomic E-state index is 12.5. The number of aliphatic hydroxyl groups is 1. The zero-order valence-corrected chi connectivity index (χ0v) is 13.3. The van der Waals surface area contributed by atoms with Crippen molar-refractivity contribution in [1.82, 2.24) is 10.6 Å². The van der Waals surface area contributed by atoms with Crippen LogP contribution in [0, 0.1) is 11.8 Å². The predicted molar refractivity (Wildman–Crippen MR) is 81.6 cm³/mol. The van der Waals surface area contributed by atoms with Gasteiger partial charge in [0, 0.05) is 0 Å². The van der Waals surface area contributed by atoms with Crippen LogP contribution in [0.5, 0.6) is 0 Å². The molecule has 21 heavy (non-hydrogen) atoms. The first-order valence-corrected chi connectivity index (χ1v) is 7.82. The van der Waals surface area contributed by atoms with E-state index >= 15 is 0 Å². The highest BCUT2D eigenvalue weighted by molar-refractivity contribution is 5.87. The lowest BCUT2D eigenvalue weighted by Gasteiger charge is -2.40. The first-order valence-electron chi connectivity index (χ1n) is 7.82. The van der Waals surface area contributed by atoms with Crippen molar-refractivity contribution >= 4 is 11.9 Å². The molecule has 0 heterocycles. The van der Waals surface area contributed by atoms with E-state index in [-0.39, 0.29) is 18.4 Å². The number of nitrogens with one attached hydrogen (secondary N) is 2. The van der Waals surface area contributed by atoms with E-state index in [9.17, 15) is 14.7 Å². The fraction of sp³-hybridized carbons (Fsp3) is 0.867. The summed E-state index contributed by atoms with van der Waals surface area (Å²) in [5.41, 5.74) is 4.60. The number of hydrogen-bond acceptors (Lipinski definition) is 3. The van der Waals surface area contributed by atoms with Crippen LogP contribution in [0.15, 0.2) is 0 Å². The van der Waals surface area contributed by atoms with E-state index < -0.39 is 17.6 Å². The van der Waals surface area contributed by atoms with E-state index in [1.165, 1.54) is 0 Å². The Balaban J connectivity index is 2.80. The Bertz CT molecular complexity index is 375. The first-order chi connectivity index (χ1) is 9.83. The third kappa shape index (κ3) is 4.88. The molecule has 1 aliphatic rings. The van der Waals surface area contributed by atoms with E-state index in [0.29, 0.717) is 5.92 Å². The highest BCUT2D eigenvalue weighted by Crippen LogP contribution is 2.32. The van der Waals surface area contributed by atoms with Gasteiger partial charge in [0.05, 0.1) is 12.1 Å².